The highest BCUT2D eigenvalue weighted by atomic mass is 32.2. The van der Waals surface area contributed by atoms with Crippen molar-refractivity contribution in [2.75, 3.05) is 19.4 Å². The Bertz CT molecular complexity index is 1080. The van der Waals surface area contributed by atoms with Crippen LogP contribution in [0.2, 0.25) is 0 Å². The number of ether oxygens (including phenoxy) is 1. The number of para-hydroxylation sites is 1. The lowest BCUT2D eigenvalue weighted by Crippen LogP contribution is -2.60. The Morgan fingerprint density at radius 1 is 1.13 bits per heavy atom. The minimum atomic E-state index is -3.73. The molecule has 0 bridgehead atoms. The number of hydrogen-bond donors (Lipinski definition) is 1. The molecule has 4 rings (SSSR count). The van der Waals surface area contributed by atoms with E-state index in [0.29, 0.717) is 29.7 Å². The van der Waals surface area contributed by atoms with Gasteiger partial charge in [-0.3, -0.25) is 4.79 Å². The standard InChI is InChI=1S/C22H24F2N2O4S/c1-31(28,29)25-18-11-6-12-26-19(18)13-16-9-5-10-17(15-7-3-2-4-8-15)20(16)30-14-22(23,24)21(26)27/h2-5,7-10,18-19,25H,6,11-14H2,1H3. The van der Waals surface area contributed by atoms with E-state index in [4.69, 9.17) is 4.74 Å². The fraction of sp³-hybridized carbons (Fsp3) is 0.409. The zero-order valence-corrected chi connectivity index (χ0v) is 17.9. The van der Waals surface area contributed by atoms with Gasteiger partial charge < -0.3 is 9.64 Å². The van der Waals surface area contributed by atoms with Gasteiger partial charge in [-0.25, -0.2) is 13.1 Å². The summed E-state index contributed by atoms with van der Waals surface area (Å²) in [6.45, 7) is -0.926. The summed E-state index contributed by atoms with van der Waals surface area (Å²) in [6, 6.07) is 13.2. The molecule has 2 aliphatic rings. The number of nitrogens with zero attached hydrogens (tertiary/aromatic N) is 1. The Morgan fingerprint density at radius 3 is 2.58 bits per heavy atom. The van der Waals surface area contributed by atoms with Crippen LogP contribution in [-0.4, -0.2) is 56.6 Å². The first kappa shape index (κ1) is 21.7. The van der Waals surface area contributed by atoms with Crippen LogP contribution in [0, 0.1) is 0 Å². The third-order valence-electron chi connectivity index (χ3n) is 5.73. The highest BCUT2D eigenvalue weighted by Gasteiger charge is 2.49. The van der Waals surface area contributed by atoms with Crippen molar-refractivity contribution in [3.05, 3.63) is 54.1 Å². The number of carbonyl (C=O) groups excluding carboxylic acids is 1. The lowest BCUT2D eigenvalue weighted by atomic mass is 9.89. The molecule has 31 heavy (non-hydrogen) atoms. The molecule has 0 aromatic heterocycles. The van der Waals surface area contributed by atoms with E-state index in [1.165, 1.54) is 0 Å². The van der Waals surface area contributed by atoms with Crippen molar-refractivity contribution < 1.29 is 26.7 Å². The highest BCUT2D eigenvalue weighted by Crippen LogP contribution is 2.38. The quantitative estimate of drug-likeness (QED) is 0.780. The van der Waals surface area contributed by atoms with Gasteiger partial charge in [-0.2, -0.15) is 8.78 Å². The SMILES string of the molecule is CS(=O)(=O)NC1CCCN2C(=O)C(F)(F)COc3c(cccc3-c3ccccc3)CC12. The molecule has 1 N–H and O–H groups in total. The number of alkyl halides is 2. The molecular weight excluding hydrogens is 426 g/mol. The van der Waals surface area contributed by atoms with Gasteiger partial charge in [0.2, 0.25) is 10.0 Å². The number of halogens is 2. The van der Waals surface area contributed by atoms with Crippen LogP contribution in [-0.2, 0) is 21.2 Å². The van der Waals surface area contributed by atoms with Gasteiger partial charge in [0.25, 0.3) is 5.91 Å². The van der Waals surface area contributed by atoms with E-state index < -0.39 is 40.5 Å². The summed E-state index contributed by atoms with van der Waals surface area (Å²) in [5.74, 6) is -4.75. The van der Waals surface area contributed by atoms with Gasteiger partial charge >= 0.3 is 5.92 Å². The number of nitrogens with one attached hydrogen (secondary N) is 1. The number of amides is 1. The predicted octanol–water partition coefficient (Wildman–Crippen LogP) is 2.83. The van der Waals surface area contributed by atoms with E-state index in [0.717, 1.165) is 16.7 Å². The first-order chi connectivity index (χ1) is 14.7. The summed E-state index contributed by atoms with van der Waals surface area (Å²) in [5.41, 5.74) is 2.11. The van der Waals surface area contributed by atoms with Crippen molar-refractivity contribution in [1.29, 1.82) is 0 Å². The predicted molar refractivity (Wildman–Crippen MR) is 113 cm³/mol. The van der Waals surface area contributed by atoms with Crippen molar-refractivity contribution in [3.8, 4) is 16.9 Å². The van der Waals surface area contributed by atoms with Crippen LogP contribution < -0.4 is 9.46 Å². The molecule has 1 fully saturated rings. The van der Waals surface area contributed by atoms with Crippen molar-refractivity contribution in [1.82, 2.24) is 9.62 Å². The number of fused-ring (bicyclic) bond motifs is 2. The molecule has 2 heterocycles. The second-order valence-electron chi connectivity index (χ2n) is 8.06. The fourth-order valence-electron chi connectivity index (χ4n) is 4.40. The third kappa shape index (κ3) is 4.57. The summed E-state index contributed by atoms with van der Waals surface area (Å²) in [6.07, 6.45) is 2.12. The Kier molecular flexibility index (Phi) is 5.74. The lowest BCUT2D eigenvalue weighted by Gasteiger charge is -2.42. The molecular formula is C22H24F2N2O4S. The van der Waals surface area contributed by atoms with Crippen molar-refractivity contribution in [2.45, 2.75) is 37.3 Å². The summed E-state index contributed by atoms with van der Waals surface area (Å²) < 4.78 is 61.6. The van der Waals surface area contributed by atoms with Crippen LogP contribution in [0.3, 0.4) is 0 Å². The zero-order valence-electron chi connectivity index (χ0n) is 17.1. The van der Waals surface area contributed by atoms with Crippen LogP contribution in [0.4, 0.5) is 8.78 Å². The lowest BCUT2D eigenvalue weighted by molar-refractivity contribution is -0.165. The monoisotopic (exact) mass is 450 g/mol. The van der Waals surface area contributed by atoms with Crippen LogP contribution >= 0.6 is 0 Å². The molecule has 0 saturated carbocycles. The molecule has 2 atom stereocenters. The van der Waals surface area contributed by atoms with Gasteiger partial charge in [0.15, 0.2) is 6.61 Å². The van der Waals surface area contributed by atoms with E-state index in [2.05, 4.69) is 4.72 Å². The maximum absolute atomic E-state index is 14.8. The Hall–Kier alpha value is -2.52. The van der Waals surface area contributed by atoms with Gasteiger partial charge in [0, 0.05) is 18.2 Å². The number of hydrogen-bond acceptors (Lipinski definition) is 4. The Labute approximate surface area is 180 Å². The van der Waals surface area contributed by atoms with E-state index in [1.54, 1.807) is 12.1 Å². The molecule has 0 aliphatic carbocycles. The first-order valence-electron chi connectivity index (χ1n) is 10.1. The summed E-state index contributed by atoms with van der Waals surface area (Å²) in [7, 11) is -3.59. The van der Waals surface area contributed by atoms with E-state index in [-0.39, 0.29) is 13.0 Å². The van der Waals surface area contributed by atoms with E-state index in [1.807, 2.05) is 36.4 Å². The average molecular weight is 451 g/mol. The Morgan fingerprint density at radius 2 is 1.87 bits per heavy atom. The van der Waals surface area contributed by atoms with Crippen LogP contribution in [0.25, 0.3) is 11.1 Å². The van der Waals surface area contributed by atoms with E-state index >= 15 is 0 Å². The zero-order chi connectivity index (χ0) is 22.2. The Balaban J connectivity index is 1.82. The van der Waals surface area contributed by atoms with Crippen LogP contribution in [0.1, 0.15) is 18.4 Å². The molecule has 0 radical (unpaired) electrons. The van der Waals surface area contributed by atoms with Crippen LogP contribution in [0.15, 0.2) is 48.5 Å². The maximum Gasteiger partial charge on any atom is 0.357 e. The first-order valence-corrected chi connectivity index (χ1v) is 12.0. The van der Waals surface area contributed by atoms with Gasteiger partial charge in [-0.1, -0.05) is 48.5 Å². The van der Waals surface area contributed by atoms with Gasteiger partial charge in [0.05, 0.1) is 12.3 Å². The molecule has 1 saturated heterocycles. The molecule has 2 unspecified atom stereocenters. The van der Waals surface area contributed by atoms with Crippen molar-refractivity contribution >= 4 is 15.9 Å². The van der Waals surface area contributed by atoms with Gasteiger partial charge in [-0.05, 0) is 30.4 Å². The number of sulfonamides is 1. The molecule has 9 heteroatoms. The highest BCUT2D eigenvalue weighted by molar-refractivity contribution is 7.88. The molecule has 6 nitrogen and oxygen atoms in total. The van der Waals surface area contributed by atoms with Crippen molar-refractivity contribution in [3.63, 3.8) is 0 Å². The normalized spacial score (nSPS) is 23.6. The van der Waals surface area contributed by atoms with E-state index in [9.17, 15) is 22.0 Å². The molecule has 2 aromatic rings. The third-order valence-corrected chi connectivity index (χ3v) is 6.46. The topological polar surface area (TPSA) is 75.7 Å². The summed E-state index contributed by atoms with van der Waals surface area (Å²) in [5, 5.41) is 0. The number of piperidine rings is 1. The second-order valence-corrected chi connectivity index (χ2v) is 9.84. The molecule has 0 spiro atoms. The van der Waals surface area contributed by atoms with Gasteiger partial charge in [-0.15, -0.1) is 0 Å². The number of benzene rings is 2. The number of rotatable bonds is 3. The average Bonchev–Trinajstić information content (AvgIpc) is 2.76. The maximum atomic E-state index is 14.8. The second kappa shape index (κ2) is 8.20. The molecule has 1 amide bonds. The minimum Gasteiger partial charge on any atom is -0.486 e. The largest absolute Gasteiger partial charge is 0.486 e. The van der Waals surface area contributed by atoms with Crippen molar-refractivity contribution in [2.24, 2.45) is 0 Å². The summed E-state index contributed by atoms with van der Waals surface area (Å²) in [4.78, 5) is 13.9. The smallest absolute Gasteiger partial charge is 0.357 e. The fourth-order valence-corrected chi connectivity index (χ4v) is 5.22. The molecule has 2 aliphatic heterocycles. The van der Waals surface area contributed by atoms with Crippen LogP contribution in [0.5, 0.6) is 5.75 Å². The van der Waals surface area contributed by atoms with Gasteiger partial charge in [0.1, 0.15) is 5.75 Å². The summed E-state index contributed by atoms with van der Waals surface area (Å²) >= 11 is 0. The minimum absolute atomic E-state index is 0.148. The number of carbonyl (C=O) groups is 1. The molecule has 166 valence electrons. The molecule has 2 aromatic carbocycles.